The number of anilines is 2. The molecule has 0 aliphatic carbocycles. The largest absolute Gasteiger partial charge is 0.378 e. The zero-order valence-corrected chi connectivity index (χ0v) is 15.3. The van der Waals surface area contributed by atoms with E-state index in [4.69, 9.17) is 4.74 Å². The third-order valence-corrected chi connectivity index (χ3v) is 4.99. The number of aromatic nitrogens is 1. The van der Waals surface area contributed by atoms with Crippen LogP contribution in [0, 0.1) is 11.7 Å². The first kappa shape index (κ1) is 17.8. The van der Waals surface area contributed by atoms with Crippen LogP contribution in [-0.2, 0) is 16.1 Å². The quantitative estimate of drug-likeness (QED) is 0.818. The molecule has 1 aromatic carbocycles. The molecule has 2 heterocycles. The molecule has 0 bridgehead atoms. The van der Waals surface area contributed by atoms with Crippen LogP contribution in [0.1, 0.15) is 19.5 Å². The van der Waals surface area contributed by atoms with E-state index in [1.807, 2.05) is 19.2 Å². The number of benzene rings is 1. The Morgan fingerprint density at radius 3 is 2.64 bits per heavy atom. The van der Waals surface area contributed by atoms with Crippen LogP contribution in [0.5, 0.6) is 0 Å². The van der Waals surface area contributed by atoms with Crippen LogP contribution >= 0.6 is 11.3 Å². The number of morpholine rings is 1. The lowest BCUT2D eigenvalue weighted by Crippen LogP contribution is -2.36. The minimum atomic E-state index is -0.316. The molecule has 0 atom stereocenters. The molecule has 0 N–H and O–H groups in total. The van der Waals surface area contributed by atoms with Crippen molar-refractivity contribution in [3.63, 3.8) is 0 Å². The first-order chi connectivity index (χ1) is 12.0. The minimum Gasteiger partial charge on any atom is -0.378 e. The fourth-order valence-corrected chi connectivity index (χ4v) is 3.53. The van der Waals surface area contributed by atoms with Gasteiger partial charge in [-0.2, -0.15) is 0 Å². The van der Waals surface area contributed by atoms with Gasteiger partial charge in [-0.25, -0.2) is 9.37 Å². The van der Waals surface area contributed by atoms with Crippen LogP contribution in [-0.4, -0.2) is 37.2 Å². The number of hydrogen-bond donors (Lipinski definition) is 0. The summed E-state index contributed by atoms with van der Waals surface area (Å²) < 4.78 is 18.6. The highest BCUT2D eigenvalue weighted by molar-refractivity contribution is 7.13. The normalized spacial score (nSPS) is 14.8. The number of hydrogen-bond acceptors (Lipinski definition) is 5. The molecule has 1 saturated heterocycles. The highest BCUT2D eigenvalue weighted by Gasteiger charge is 2.21. The van der Waals surface area contributed by atoms with Crippen molar-refractivity contribution in [2.75, 3.05) is 36.1 Å². The Kier molecular flexibility index (Phi) is 5.65. The zero-order chi connectivity index (χ0) is 17.8. The number of amides is 1. The molecular weight excluding hydrogens is 341 g/mol. The van der Waals surface area contributed by atoms with Gasteiger partial charge >= 0.3 is 0 Å². The van der Waals surface area contributed by atoms with Crippen LogP contribution < -0.4 is 9.80 Å². The number of rotatable bonds is 5. The Bertz CT molecular complexity index is 711. The molecule has 1 aliphatic heterocycles. The predicted molar refractivity (Wildman–Crippen MR) is 97.6 cm³/mol. The van der Waals surface area contributed by atoms with Crippen molar-refractivity contribution in [1.82, 2.24) is 4.98 Å². The maximum absolute atomic E-state index is 13.2. The molecule has 1 aromatic heterocycles. The number of ether oxygens (including phenoxy) is 1. The second-order valence-corrected chi connectivity index (χ2v) is 7.11. The summed E-state index contributed by atoms with van der Waals surface area (Å²) in [6.07, 6.45) is 0. The molecule has 7 heteroatoms. The van der Waals surface area contributed by atoms with Crippen LogP contribution in [0.3, 0.4) is 0 Å². The van der Waals surface area contributed by atoms with Gasteiger partial charge in [-0.3, -0.25) is 4.79 Å². The minimum absolute atomic E-state index is 0.00692. The summed E-state index contributed by atoms with van der Waals surface area (Å²) >= 11 is 1.58. The van der Waals surface area contributed by atoms with Gasteiger partial charge in [0.2, 0.25) is 5.91 Å². The molecule has 2 aromatic rings. The molecular formula is C18H22FN3O2S. The maximum Gasteiger partial charge on any atom is 0.229 e. The van der Waals surface area contributed by atoms with E-state index < -0.39 is 0 Å². The number of halogens is 1. The smallest absolute Gasteiger partial charge is 0.229 e. The first-order valence-corrected chi connectivity index (χ1v) is 9.26. The van der Waals surface area contributed by atoms with Gasteiger partial charge in [0, 0.05) is 30.1 Å². The van der Waals surface area contributed by atoms with Gasteiger partial charge in [0.25, 0.3) is 0 Å². The fraction of sp³-hybridized carbons (Fsp3) is 0.444. The van der Waals surface area contributed by atoms with E-state index in [0.29, 0.717) is 25.4 Å². The Balaban J connectivity index is 1.79. The van der Waals surface area contributed by atoms with E-state index in [2.05, 4.69) is 9.88 Å². The summed E-state index contributed by atoms with van der Waals surface area (Å²) in [6.45, 7) is 7.19. The van der Waals surface area contributed by atoms with Crippen LogP contribution in [0.25, 0.3) is 0 Å². The van der Waals surface area contributed by atoms with Crippen molar-refractivity contribution in [2.24, 2.45) is 5.92 Å². The topological polar surface area (TPSA) is 45.7 Å². The summed E-state index contributed by atoms with van der Waals surface area (Å²) in [5.41, 5.74) is 1.52. The van der Waals surface area contributed by atoms with Crippen molar-refractivity contribution >= 4 is 28.1 Å². The third-order valence-electron chi connectivity index (χ3n) is 4.04. The van der Waals surface area contributed by atoms with Gasteiger partial charge < -0.3 is 14.5 Å². The lowest BCUT2D eigenvalue weighted by atomic mass is 10.1. The van der Waals surface area contributed by atoms with Gasteiger partial charge in [0.1, 0.15) is 5.82 Å². The lowest BCUT2D eigenvalue weighted by molar-refractivity contribution is -0.121. The van der Waals surface area contributed by atoms with Crippen LogP contribution in [0.2, 0.25) is 0 Å². The molecule has 5 nitrogen and oxygen atoms in total. The standard InChI is InChI=1S/C18H22FN3O2S/c1-13(2)17(23)22(16-5-3-14(19)4-6-16)11-15-12-25-18(20-15)21-7-9-24-10-8-21/h3-6,12-13H,7-11H2,1-2H3. The predicted octanol–water partition coefficient (Wildman–Crippen LogP) is 3.31. The Hall–Kier alpha value is -1.99. The van der Waals surface area contributed by atoms with E-state index >= 15 is 0 Å². The Morgan fingerprint density at radius 1 is 1.32 bits per heavy atom. The number of thiazole rings is 1. The van der Waals surface area contributed by atoms with E-state index in [9.17, 15) is 9.18 Å². The highest BCUT2D eigenvalue weighted by atomic mass is 32.1. The molecule has 3 rings (SSSR count). The van der Waals surface area contributed by atoms with E-state index in [0.717, 1.165) is 23.9 Å². The summed E-state index contributed by atoms with van der Waals surface area (Å²) in [7, 11) is 0. The molecule has 1 amide bonds. The summed E-state index contributed by atoms with van der Waals surface area (Å²) in [5, 5.41) is 2.93. The zero-order valence-electron chi connectivity index (χ0n) is 14.4. The van der Waals surface area contributed by atoms with Gasteiger partial charge in [-0.05, 0) is 24.3 Å². The van der Waals surface area contributed by atoms with Gasteiger partial charge in [-0.1, -0.05) is 13.8 Å². The average Bonchev–Trinajstić information content (AvgIpc) is 3.09. The van der Waals surface area contributed by atoms with Crippen molar-refractivity contribution in [3.05, 3.63) is 41.2 Å². The van der Waals surface area contributed by atoms with Crippen LogP contribution in [0.15, 0.2) is 29.6 Å². The monoisotopic (exact) mass is 363 g/mol. The molecule has 25 heavy (non-hydrogen) atoms. The van der Waals surface area contributed by atoms with E-state index in [-0.39, 0.29) is 17.6 Å². The molecule has 1 aliphatic rings. The maximum atomic E-state index is 13.2. The second-order valence-electron chi connectivity index (χ2n) is 6.28. The highest BCUT2D eigenvalue weighted by Crippen LogP contribution is 2.25. The number of carbonyl (C=O) groups excluding carboxylic acids is 1. The van der Waals surface area contributed by atoms with Crippen LogP contribution in [0.4, 0.5) is 15.2 Å². The molecule has 0 unspecified atom stereocenters. The summed E-state index contributed by atoms with van der Waals surface area (Å²) in [6, 6.07) is 6.00. The fourth-order valence-electron chi connectivity index (χ4n) is 2.66. The van der Waals surface area contributed by atoms with Gasteiger partial charge in [0.15, 0.2) is 5.13 Å². The van der Waals surface area contributed by atoms with E-state index in [1.165, 1.54) is 12.1 Å². The Labute approximate surface area is 151 Å². The molecule has 0 radical (unpaired) electrons. The molecule has 0 saturated carbocycles. The average molecular weight is 363 g/mol. The number of carbonyl (C=O) groups is 1. The molecule has 0 spiro atoms. The Morgan fingerprint density at radius 2 is 2.00 bits per heavy atom. The SMILES string of the molecule is CC(C)C(=O)N(Cc1csc(N2CCOCC2)n1)c1ccc(F)cc1. The van der Waals surface area contributed by atoms with Gasteiger partial charge in [-0.15, -0.1) is 11.3 Å². The van der Waals surface area contributed by atoms with Crippen molar-refractivity contribution in [2.45, 2.75) is 20.4 Å². The third kappa shape index (κ3) is 4.35. The van der Waals surface area contributed by atoms with Crippen molar-refractivity contribution in [3.8, 4) is 0 Å². The van der Waals surface area contributed by atoms with Crippen molar-refractivity contribution in [1.29, 1.82) is 0 Å². The van der Waals surface area contributed by atoms with Crippen molar-refractivity contribution < 1.29 is 13.9 Å². The summed E-state index contributed by atoms with van der Waals surface area (Å²) in [4.78, 5) is 21.2. The van der Waals surface area contributed by atoms with E-state index in [1.54, 1.807) is 28.4 Å². The molecule has 134 valence electrons. The summed E-state index contributed by atoms with van der Waals surface area (Å²) in [5.74, 6) is -0.473. The first-order valence-electron chi connectivity index (χ1n) is 8.38. The lowest BCUT2D eigenvalue weighted by Gasteiger charge is -2.26. The second kappa shape index (κ2) is 7.93. The van der Waals surface area contributed by atoms with Gasteiger partial charge in [0.05, 0.1) is 25.5 Å². The number of nitrogens with zero attached hydrogens (tertiary/aromatic N) is 3. The molecule has 1 fully saturated rings.